The highest BCUT2D eigenvalue weighted by molar-refractivity contribution is 6.46. The Hall–Kier alpha value is -3.81. The summed E-state index contributed by atoms with van der Waals surface area (Å²) >= 11 is 12.5. The van der Waals surface area contributed by atoms with E-state index in [1.54, 1.807) is 37.3 Å². The van der Waals surface area contributed by atoms with Crippen molar-refractivity contribution in [3.05, 3.63) is 104 Å². The molecular formula is C29H25Cl2NO6. The highest BCUT2D eigenvalue weighted by atomic mass is 35.5. The predicted octanol–water partition coefficient (Wildman–Crippen LogP) is 6.11. The molecule has 0 radical (unpaired) electrons. The van der Waals surface area contributed by atoms with Crippen LogP contribution in [-0.2, 0) is 20.9 Å². The number of benzene rings is 3. The van der Waals surface area contributed by atoms with Crippen molar-refractivity contribution in [2.75, 3.05) is 13.7 Å². The molecule has 38 heavy (non-hydrogen) atoms. The number of halogens is 2. The molecule has 1 amide bonds. The molecule has 0 saturated carbocycles. The summed E-state index contributed by atoms with van der Waals surface area (Å²) in [6.45, 7) is 3.92. The number of rotatable bonds is 7. The highest BCUT2D eigenvalue weighted by Crippen LogP contribution is 2.43. The molecule has 0 bridgehead atoms. The summed E-state index contributed by atoms with van der Waals surface area (Å²) in [5.74, 6) is -2.41. The van der Waals surface area contributed by atoms with Crippen molar-refractivity contribution in [3.8, 4) is 5.75 Å². The van der Waals surface area contributed by atoms with Crippen molar-refractivity contribution in [3.63, 3.8) is 0 Å². The summed E-state index contributed by atoms with van der Waals surface area (Å²) in [6.07, 6.45) is 0. The van der Waals surface area contributed by atoms with Crippen LogP contribution >= 0.6 is 23.2 Å². The minimum atomic E-state index is -0.901. The van der Waals surface area contributed by atoms with Gasteiger partial charge in [-0.1, -0.05) is 65.2 Å². The highest BCUT2D eigenvalue weighted by Gasteiger charge is 2.46. The minimum Gasteiger partial charge on any atom is -0.507 e. The molecule has 7 nitrogen and oxygen atoms in total. The van der Waals surface area contributed by atoms with E-state index >= 15 is 0 Å². The summed E-state index contributed by atoms with van der Waals surface area (Å²) in [4.78, 5) is 40.2. The van der Waals surface area contributed by atoms with Crippen molar-refractivity contribution in [1.82, 2.24) is 4.90 Å². The number of aliphatic hydroxyl groups excluding tert-OH is 1. The van der Waals surface area contributed by atoms with Crippen LogP contribution in [0.5, 0.6) is 5.75 Å². The van der Waals surface area contributed by atoms with Crippen molar-refractivity contribution < 1.29 is 29.0 Å². The first kappa shape index (κ1) is 27.2. The number of amides is 1. The molecule has 1 N–H and O–H groups in total. The first-order chi connectivity index (χ1) is 18.2. The Kier molecular flexibility index (Phi) is 8.09. The molecule has 1 atom stereocenters. The van der Waals surface area contributed by atoms with Crippen LogP contribution < -0.4 is 4.74 Å². The van der Waals surface area contributed by atoms with Gasteiger partial charge < -0.3 is 19.5 Å². The zero-order chi connectivity index (χ0) is 27.6. The van der Waals surface area contributed by atoms with Crippen molar-refractivity contribution in [1.29, 1.82) is 0 Å². The number of carbonyl (C=O) groups is 3. The third kappa shape index (κ3) is 5.26. The fraction of sp³-hybridized carbons (Fsp3) is 0.207. The Balaban J connectivity index is 1.84. The Morgan fingerprint density at radius 1 is 1.05 bits per heavy atom. The van der Waals surface area contributed by atoms with Gasteiger partial charge in [0.15, 0.2) is 0 Å². The van der Waals surface area contributed by atoms with Gasteiger partial charge in [0, 0.05) is 11.6 Å². The smallest absolute Gasteiger partial charge is 0.338 e. The molecule has 0 spiro atoms. The normalized spacial score (nSPS) is 16.6. The number of Topliss-reactive ketones (excluding diaryl/α,β-unsaturated/α-hetero) is 1. The van der Waals surface area contributed by atoms with Gasteiger partial charge in [-0.05, 0) is 49.2 Å². The first-order valence-corrected chi connectivity index (χ1v) is 12.6. The second-order valence-electron chi connectivity index (χ2n) is 8.73. The predicted molar refractivity (Wildman–Crippen MR) is 144 cm³/mol. The van der Waals surface area contributed by atoms with Crippen molar-refractivity contribution in [2.45, 2.75) is 26.4 Å². The molecule has 196 valence electrons. The molecular weight excluding hydrogens is 529 g/mol. The number of hydrogen-bond donors (Lipinski definition) is 1. The van der Waals surface area contributed by atoms with Gasteiger partial charge in [0.1, 0.15) is 11.5 Å². The second-order valence-corrected chi connectivity index (χ2v) is 9.57. The molecule has 1 aliphatic heterocycles. The van der Waals surface area contributed by atoms with Crippen LogP contribution in [0.3, 0.4) is 0 Å². The van der Waals surface area contributed by atoms with E-state index in [1.165, 1.54) is 24.1 Å². The van der Waals surface area contributed by atoms with Gasteiger partial charge in [0.2, 0.25) is 0 Å². The third-order valence-corrected chi connectivity index (χ3v) is 6.68. The van der Waals surface area contributed by atoms with E-state index in [0.29, 0.717) is 16.7 Å². The summed E-state index contributed by atoms with van der Waals surface area (Å²) < 4.78 is 10.4. The number of ketones is 1. The summed E-state index contributed by atoms with van der Waals surface area (Å²) in [7, 11) is 1.38. The molecule has 1 unspecified atom stereocenters. The van der Waals surface area contributed by atoms with E-state index in [1.807, 2.05) is 25.1 Å². The van der Waals surface area contributed by atoms with Gasteiger partial charge >= 0.3 is 5.97 Å². The average molecular weight is 554 g/mol. The maximum absolute atomic E-state index is 13.4. The summed E-state index contributed by atoms with van der Waals surface area (Å²) in [6, 6.07) is 15.9. The number of carbonyl (C=O) groups excluding carboxylic acids is 3. The van der Waals surface area contributed by atoms with E-state index in [-0.39, 0.29) is 40.1 Å². The van der Waals surface area contributed by atoms with Crippen LogP contribution in [0, 0.1) is 6.92 Å². The second kappa shape index (κ2) is 11.3. The van der Waals surface area contributed by atoms with Crippen LogP contribution in [-0.4, -0.2) is 41.4 Å². The zero-order valence-electron chi connectivity index (χ0n) is 21.0. The van der Waals surface area contributed by atoms with Crippen LogP contribution in [0.2, 0.25) is 10.0 Å². The van der Waals surface area contributed by atoms with E-state index in [9.17, 15) is 19.5 Å². The molecule has 3 aromatic carbocycles. The maximum atomic E-state index is 13.4. The van der Waals surface area contributed by atoms with E-state index in [4.69, 9.17) is 32.7 Å². The molecule has 9 heteroatoms. The summed E-state index contributed by atoms with van der Waals surface area (Å²) in [5, 5.41) is 11.8. The van der Waals surface area contributed by atoms with Gasteiger partial charge in [-0.15, -0.1) is 0 Å². The SMILES string of the molecule is CCOC(=O)c1ccc(CN2C(=O)C(=O)/C(=C(/O)c3cc(Cl)cc(Cl)c3OC)C2c2cccc(C)c2)cc1. The number of esters is 1. The van der Waals surface area contributed by atoms with Crippen molar-refractivity contribution >= 4 is 46.6 Å². The van der Waals surface area contributed by atoms with Crippen LogP contribution in [0.15, 0.2) is 66.2 Å². The number of nitrogens with zero attached hydrogens (tertiary/aromatic N) is 1. The van der Waals surface area contributed by atoms with Crippen LogP contribution in [0.1, 0.15) is 45.6 Å². The number of hydrogen-bond acceptors (Lipinski definition) is 6. The molecule has 0 aromatic heterocycles. The van der Waals surface area contributed by atoms with Gasteiger partial charge in [0.25, 0.3) is 11.7 Å². The number of aliphatic hydroxyl groups is 1. The monoisotopic (exact) mass is 553 g/mol. The van der Waals surface area contributed by atoms with Crippen LogP contribution in [0.4, 0.5) is 0 Å². The Morgan fingerprint density at radius 2 is 1.76 bits per heavy atom. The minimum absolute atomic E-state index is 0.0521. The van der Waals surface area contributed by atoms with Gasteiger partial charge in [-0.3, -0.25) is 9.59 Å². The van der Waals surface area contributed by atoms with Crippen LogP contribution in [0.25, 0.3) is 5.76 Å². The molecule has 4 rings (SSSR count). The molecule has 1 saturated heterocycles. The maximum Gasteiger partial charge on any atom is 0.338 e. The molecule has 0 aliphatic carbocycles. The lowest BCUT2D eigenvalue weighted by Crippen LogP contribution is -2.29. The Bertz CT molecular complexity index is 1450. The standard InChI is InChI=1S/C29H25Cl2NO6/c1-4-38-29(36)18-10-8-17(9-11-18)15-32-24(19-7-5-6-16(2)12-19)23(26(34)28(32)35)25(33)21-13-20(30)14-22(31)27(21)37-3/h5-14,24,33H,4,15H2,1-3H3/b25-23+. The van der Waals surface area contributed by atoms with Crippen molar-refractivity contribution in [2.24, 2.45) is 0 Å². The number of likely N-dealkylation sites (tertiary alicyclic amines) is 1. The van der Waals surface area contributed by atoms with E-state index < -0.39 is 29.5 Å². The zero-order valence-corrected chi connectivity index (χ0v) is 22.5. The van der Waals surface area contributed by atoms with Gasteiger partial charge in [0.05, 0.1) is 41.5 Å². The largest absolute Gasteiger partial charge is 0.507 e. The number of methoxy groups -OCH3 is 1. The third-order valence-electron chi connectivity index (χ3n) is 6.18. The number of aryl methyl sites for hydroxylation is 1. The molecule has 1 fully saturated rings. The fourth-order valence-corrected chi connectivity index (χ4v) is 5.05. The Morgan fingerprint density at radius 3 is 2.39 bits per heavy atom. The number of ether oxygens (including phenoxy) is 2. The molecule has 1 heterocycles. The first-order valence-electron chi connectivity index (χ1n) is 11.8. The van der Waals surface area contributed by atoms with Gasteiger partial charge in [-0.25, -0.2) is 4.79 Å². The lowest BCUT2D eigenvalue weighted by molar-refractivity contribution is -0.140. The quantitative estimate of drug-likeness (QED) is 0.164. The summed E-state index contributed by atoms with van der Waals surface area (Å²) in [5.41, 5.74) is 2.59. The van der Waals surface area contributed by atoms with E-state index in [2.05, 4.69) is 0 Å². The molecule has 1 aliphatic rings. The lowest BCUT2D eigenvalue weighted by atomic mass is 9.94. The van der Waals surface area contributed by atoms with E-state index in [0.717, 1.165) is 5.56 Å². The lowest BCUT2D eigenvalue weighted by Gasteiger charge is -2.26. The molecule has 3 aromatic rings. The topological polar surface area (TPSA) is 93.1 Å². The fourth-order valence-electron chi connectivity index (χ4n) is 4.48. The average Bonchev–Trinajstić information content (AvgIpc) is 3.13. The Labute approximate surface area is 230 Å². The van der Waals surface area contributed by atoms with Gasteiger partial charge in [-0.2, -0.15) is 0 Å².